The number of carbonyl (C=O) groups is 2. The monoisotopic (exact) mass is 278 g/mol. The predicted octanol–water partition coefficient (Wildman–Crippen LogP) is 1.06. The van der Waals surface area contributed by atoms with Gasteiger partial charge < -0.3 is 16.4 Å². The fraction of sp³-hybridized carbons (Fsp3) is 0.500. The number of aromatic nitrogens is 1. The quantitative estimate of drug-likeness (QED) is 0.725. The Morgan fingerprint density at radius 1 is 1.40 bits per heavy atom. The molecule has 0 saturated carbocycles. The second kappa shape index (κ2) is 6.36. The zero-order valence-electron chi connectivity index (χ0n) is 12.4. The van der Waals surface area contributed by atoms with Crippen molar-refractivity contribution in [1.29, 1.82) is 0 Å². The SMILES string of the molecule is CCNc1cc(C)ncc1C(=O)NCC(C)(C)C(N)=O. The van der Waals surface area contributed by atoms with Crippen LogP contribution in [0.1, 0.15) is 36.8 Å². The summed E-state index contributed by atoms with van der Waals surface area (Å²) < 4.78 is 0. The van der Waals surface area contributed by atoms with Crippen molar-refractivity contribution in [3.8, 4) is 0 Å². The van der Waals surface area contributed by atoms with Crippen LogP contribution in [-0.4, -0.2) is 29.9 Å². The maximum Gasteiger partial charge on any atom is 0.254 e. The normalized spacial score (nSPS) is 11.0. The van der Waals surface area contributed by atoms with Gasteiger partial charge in [-0.3, -0.25) is 14.6 Å². The van der Waals surface area contributed by atoms with Gasteiger partial charge in [-0.25, -0.2) is 0 Å². The second-order valence-electron chi connectivity index (χ2n) is 5.33. The molecule has 6 heteroatoms. The number of pyridine rings is 1. The Kier molecular flexibility index (Phi) is 5.07. The minimum atomic E-state index is -0.786. The van der Waals surface area contributed by atoms with E-state index in [-0.39, 0.29) is 12.5 Å². The highest BCUT2D eigenvalue weighted by atomic mass is 16.2. The molecule has 0 spiro atoms. The van der Waals surface area contributed by atoms with E-state index in [1.165, 1.54) is 6.20 Å². The molecule has 1 heterocycles. The second-order valence-corrected chi connectivity index (χ2v) is 5.33. The molecule has 0 unspecified atom stereocenters. The third kappa shape index (κ3) is 3.94. The number of anilines is 1. The summed E-state index contributed by atoms with van der Waals surface area (Å²) in [4.78, 5) is 27.5. The topological polar surface area (TPSA) is 97.1 Å². The van der Waals surface area contributed by atoms with Crippen LogP contribution >= 0.6 is 0 Å². The Bertz CT molecular complexity index is 512. The average Bonchev–Trinajstić information content (AvgIpc) is 2.36. The van der Waals surface area contributed by atoms with Gasteiger partial charge in [0.15, 0.2) is 0 Å². The first-order chi connectivity index (χ1) is 9.27. The van der Waals surface area contributed by atoms with Crippen LogP contribution in [0, 0.1) is 12.3 Å². The molecule has 0 bridgehead atoms. The minimum Gasteiger partial charge on any atom is -0.385 e. The van der Waals surface area contributed by atoms with E-state index < -0.39 is 11.3 Å². The first-order valence-corrected chi connectivity index (χ1v) is 6.56. The predicted molar refractivity (Wildman–Crippen MR) is 78.4 cm³/mol. The summed E-state index contributed by atoms with van der Waals surface area (Å²) in [5.41, 5.74) is 6.51. The molecular formula is C14H22N4O2. The van der Waals surface area contributed by atoms with Gasteiger partial charge in [-0.2, -0.15) is 0 Å². The van der Waals surface area contributed by atoms with Gasteiger partial charge in [-0.05, 0) is 33.8 Å². The highest BCUT2D eigenvalue weighted by Gasteiger charge is 2.26. The zero-order chi connectivity index (χ0) is 15.3. The van der Waals surface area contributed by atoms with Crippen molar-refractivity contribution >= 4 is 17.5 Å². The number of amides is 2. The van der Waals surface area contributed by atoms with Crippen molar-refractivity contribution in [2.75, 3.05) is 18.4 Å². The van der Waals surface area contributed by atoms with Crippen LogP contribution < -0.4 is 16.4 Å². The third-order valence-electron chi connectivity index (χ3n) is 3.01. The summed E-state index contributed by atoms with van der Waals surface area (Å²) in [5, 5.41) is 5.84. The average molecular weight is 278 g/mol. The van der Waals surface area contributed by atoms with Crippen LogP contribution in [0.25, 0.3) is 0 Å². The molecule has 0 radical (unpaired) electrons. The summed E-state index contributed by atoms with van der Waals surface area (Å²) in [6.07, 6.45) is 1.53. The molecule has 0 aromatic carbocycles. The molecule has 110 valence electrons. The molecule has 4 N–H and O–H groups in total. The van der Waals surface area contributed by atoms with Gasteiger partial charge in [0.25, 0.3) is 5.91 Å². The number of rotatable bonds is 6. The lowest BCUT2D eigenvalue weighted by Crippen LogP contribution is -2.42. The van der Waals surface area contributed by atoms with Gasteiger partial charge in [0.1, 0.15) is 0 Å². The van der Waals surface area contributed by atoms with E-state index in [9.17, 15) is 9.59 Å². The summed E-state index contributed by atoms with van der Waals surface area (Å²) in [6.45, 7) is 8.08. The Morgan fingerprint density at radius 2 is 2.05 bits per heavy atom. The van der Waals surface area contributed by atoms with E-state index in [1.54, 1.807) is 13.8 Å². The summed E-state index contributed by atoms with van der Waals surface area (Å²) in [7, 11) is 0. The zero-order valence-corrected chi connectivity index (χ0v) is 12.4. The molecule has 0 fully saturated rings. The number of hydrogen-bond acceptors (Lipinski definition) is 4. The van der Waals surface area contributed by atoms with Crippen LogP contribution in [-0.2, 0) is 4.79 Å². The van der Waals surface area contributed by atoms with E-state index in [4.69, 9.17) is 5.73 Å². The first-order valence-electron chi connectivity index (χ1n) is 6.56. The van der Waals surface area contributed by atoms with Crippen molar-refractivity contribution in [1.82, 2.24) is 10.3 Å². The molecule has 0 aliphatic heterocycles. The van der Waals surface area contributed by atoms with E-state index in [0.29, 0.717) is 12.1 Å². The van der Waals surface area contributed by atoms with Crippen molar-refractivity contribution in [3.05, 3.63) is 23.5 Å². The third-order valence-corrected chi connectivity index (χ3v) is 3.01. The summed E-state index contributed by atoms with van der Waals surface area (Å²) in [5.74, 6) is -0.727. The van der Waals surface area contributed by atoms with E-state index >= 15 is 0 Å². The Labute approximate surface area is 119 Å². The number of aryl methyl sites for hydroxylation is 1. The Hall–Kier alpha value is -2.11. The van der Waals surface area contributed by atoms with Crippen LogP contribution in [0.4, 0.5) is 5.69 Å². The lowest BCUT2D eigenvalue weighted by Gasteiger charge is -2.21. The molecule has 2 amide bonds. The molecule has 1 aromatic rings. The summed E-state index contributed by atoms with van der Waals surface area (Å²) in [6, 6.07) is 1.82. The number of nitrogens with zero attached hydrogens (tertiary/aromatic N) is 1. The van der Waals surface area contributed by atoms with Crippen molar-refractivity contribution in [3.63, 3.8) is 0 Å². The molecular weight excluding hydrogens is 256 g/mol. The van der Waals surface area contributed by atoms with Gasteiger partial charge in [0.2, 0.25) is 5.91 Å². The van der Waals surface area contributed by atoms with Crippen LogP contribution in [0.15, 0.2) is 12.3 Å². The molecule has 0 aliphatic carbocycles. The fourth-order valence-corrected chi connectivity index (χ4v) is 1.56. The van der Waals surface area contributed by atoms with Gasteiger partial charge in [0.05, 0.1) is 16.7 Å². The maximum atomic E-state index is 12.2. The Balaban J connectivity index is 2.85. The lowest BCUT2D eigenvalue weighted by molar-refractivity contribution is -0.125. The number of nitrogens with two attached hydrogens (primary N) is 1. The van der Waals surface area contributed by atoms with Crippen LogP contribution in [0.5, 0.6) is 0 Å². The largest absolute Gasteiger partial charge is 0.385 e. The standard InChI is InChI=1S/C14H22N4O2/c1-5-16-11-6-9(2)17-7-10(11)12(19)18-8-14(3,4)13(15)20/h6-7H,5,8H2,1-4H3,(H2,15,20)(H,16,17)(H,18,19). The molecule has 0 atom stereocenters. The molecule has 6 nitrogen and oxygen atoms in total. The van der Waals surface area contributed by atoms with Gasteiger partial charge in [-0.15, -0.1) is 0 Å². The van der Waals surface area contributed by atoms with Crippen molar-refractivity contribution < 1.29 is 9.59 Å². The van der Waals surface area contributed by atoms with Gasteiger partial charge in [-0.1, -0.05) is 0 Å². The number of primary amides is 1. The molecule has 1 aromatic heterocycles. The fourth-order valence-electron chi connectivity index (χ4n) is 1.56. The molecule has 0 aliphatic rings. The smallest absolute Gasteiger partial charge is 0.254 e. The first kappa shape index (κ1) is 15.9. The summed E-state index contributed by atoms with van der Waals surface area (Å²) >= 11 is 0. The maximum absolute atomic E-state index is 12.2. The number of nitrogens with one attached hydrogen (secondary N) is 2. The van der Waals surface area contributed by atoms with Gasteiger partial charge >= 0.3 is 0 Å². The lowest BCUT2D eigenvalue weighted by atomic mass is 9.92. The molecule has 1 rings (SSSR count). The van der Waals surface area contributed by atoms with E-state index in [0.717, 1.165) is 11.4 Å². The van der Waals surface area contributed by atoms with E-state index in [2.05, 4.69) is 15.6 Å². The molecule has 20 heavy (non-hydrogen) atoms. The van der Waals surface area contributed by atoms with Crippen LogP contribution in [0.3, 0.4) is 0 Å². The number of hydrogen-bond donors (Lipinski definition) is 3. The van der Waals surface area contributed by atoms with Gasteiger partial charge in [0, 0.05) is 25.0 Å². The molecule has 0 saturated heterocycles. The highest BCUT2D eigenvalue weighted by Crippen LogP contribution is 2.17. The highest BCUT2D eigenvalue weighted by molar-refractivity contribution is 5.99. The van der Waals surface area contributed by atoms with Crippen LogP contribution in [0.2, 0.25) is 0 Å². The van der Waals surface area contributed by atoms with Crippen molar-refractivity contribution in [2.45, 2.75) is 27.7 Å². The van der Waals surface area contributed by atoms with E-state index in [1.807, 2.05) is 19.9 Å². The Morgan fingerprint density at radius 3 is 2.60 bits per heavy atom. The minimum absolute atomic E-state index is 0.181. The van der Waals surface area contributed by atoms with Crippen molar-refractivity contribution in [2.24, 2.45) is 11.1 Å². The number of carbonyl (C=O) groups excluding carboxylic acids is 2.